The number of aromatic amines is 1. The van der Waals surface area contributed by atoms with Crippen molar-refractivity contribution in [1.29, 1.82) is 0 Å². The highest BCUT2D eigenvalue weighted by molar-refractivity contribution is 6.30. The number of nitrogens with zero attached hydrogens (tertiary/aromatic N) is 3. The highest BCUT2D eigenvalue weighted by Crippen LogP contribution is 2.23. The van der Waals surface area contributed by atoms with Crippen molar-refractivity contribution in [2.75, 3.05) is 39.3 Å². The van der Waals surface area contributed by atoms with Gasteiger partial charge in [0.25, 0.3) is 0 Å². The van der Waals surface area contributed by atoms with E-state index in [1.807, 2.05) is 4.90 Å². The molecule has 1 amide bonds. The van der Waals surface area contributed by atoms with Crippen LogP contribution in [0.25, 0.3) is 10.9 Å². The van der Waals surface area contributed by atoms with Crippen LogP contribution in [-0.2, 0) is 11.2 Å². The van der Waals surface area contributed by atoms with Crippen molar-refractivity contribution in [3.63, 3.8) is 0 Å². The first-order chi connectivity index (χ1) is 16.4. The second kappa shape index (κ2) is 11.1. The second-order valence-electron chi connectivity index (χ2n) is 8.68. The number of aliphatic hydroxyl groups excluding tert-OH is 1. The zero-order valence-corrected chi connectivity index (χ0v) is 19.6. The van der Waals surface area contributed by atoms with Crippen molar-refractivity contribution >= 4 is 34.2 Å². The maximum atomic E-state index is 13.6. The van der Waals surface area contributed by atoms with Gasteiger partial charge in [-0.2, -0.15) is 0 Å². The molecular weight excluding hydrogens is 459 g/mol. The van der Waals surface area contributed by atoms with Gasteiger partial charge in [-0.3, -0.25) is 14.5 Å². The number of carbonyl (C=O) groups is 2. The third kappa shape index (κ3) is 6.00. The smallest absolute Gasteiger partial charge is 0.226 e. The number of nitrogens with one attached hydrogen (secondary N) is 1. The average molecular weight is 487 g/mol. The minimum atomic E-state index is -0.574. The van der Waals surface area contributed by atoms with Gasteiger partial charge in [0.2, 0.25) is 5.91 Å². The van der Waals surface area contributed by atoms with Crippen LogP contribution >= 0.6 is 11.6 Å². The Morgan fingerprint density at radius 2 is 1.94 bits per heavy atom. The number of carbonyl (C=O) groups excluding carboxylic acids is 2. The molecule has 180 valence electrons. The molecule has 0 bridgehead atoms. The van der Waals surface area contributed by atoms with E-state index in [-0.39, 0.29) is 30.5 Å². The Morgan fingerprint density at radius 3 is 2.71 bits per heavy atom. The van der Waals surface area contributed by atoms with Crippen LogP contribution in [0.5, 0.6) is 0 Å². The molecule has 7 nitrogen and oxygen atoms in total. The largest absolute Gasteiger partial charge is 0.395 e. The lowest BCUT2D eigenvalue weighted by molar-refractivity contribution is -0.135. The Morgan fingerprint density at radius 1 is 1.15 bits per heavy atom. The number of amides is 1. The summed E-state index contributed by atoms with van der Waals surface area (Å²) in [5.74, 6) is -1.17. The van der Waals surface area contributed by atoms with Gasteiger partial charge in [0.05, 0.1) is 24.0 Å². The van der Waals surface area contributed by atoms with E-state index < -0.39 is 5.92 Å². The number of hydrogen-bond acceptors (Lipinski definition) is 5. The summed E-state index contributed by atoms with van der Waals surface area (Å²) < 4.78 is 13.4. The van der Waals surface area contributed by atoms with E-state index in [4.69, 9.17) is 11.6 Å². The molecule has 0 saturated carbocycles. The van der Waals surface area contributed by atoms with E-state index in [9.17, 15) is 19.1 Å². The first kappa shape index (κ1) is 24.3. The van der Waals surface area contributed by atoms with Crippen LogP contribution in [0.15, 0.2) is 42.6 Å². The summed E-state index contributed by atoms with van der Waals surface area (Å²) in [6.45, 7) is 3.31. The molecule has 9 heteroatoms. The lowest BCUT2D eigenvalue weighted by Crippen LogP contribution is -2.40. The molecule has 34 heavy (non-hydrogen) atoms. The molecule has 1 fully saturated rings. The Bertz CT molecular complexity index is 1150. The van der Waals surface area contributed by atoms with Crippen molar-refractivity contribution in [2.24, 2.45) is 5.92 Å². The number of β-amino-alcohol motifs (C(OH)–C–C–N with tert-alkyl or cyclic N) is 1. The Hall–Kier alpha value is -2.81. The Labute approximate surface area is 202 Å². The number of aliphatic hydroxyl groups is 1. The topological polar surface area (TPSA) is 89.5 Å². The Kier molecular flexibility index (Phi) is 7.92. The van der Waals surface area contributed by atoms with Gasteiger partial charge in [-0.1, -0.05) is 23.7 Å². The van der Waals surface area contributed by atoms with E-state index in [1.54, 1.807) is 30.5 Å². The second-order valence-corrected chi connectivity index (χ2v) is 9.06. The molecule has 3 aromatic rings. The fraction of sp³-hybridized carbons (Fsp3) is 0.400. The first-order valence-corrected chi connectivity index (χ1v) is 11.8. The lowest BCUT2D eigenvalue weighted by atomic mass is 9.92. The van der Waals surface area contributed by atoms with Gasteiger partial charge in [-0.15, -0.1) is 0 Å². The van der Waals surface area contributed by atoms with Gasteiger partial charge in [0.15, 0.2) is 5.78 Å². The van der Waals surface area contributed by atoms with Crippen molar-refractivity contribution in [1.82, 2.24) is 19.8 Å². The van der Waals surface area contributed by atoms with Crippen molar-refractivity contribution in [3.8, 4) is 0 Å². The van der Waals surface area contributed by atoms with Crippen molar-refractivity contribution in [2.45, 2.75) is 19.3 Å². The van der Waals surface area contributed by atoms with Crippen LogP contribution in [0.1, 0.15) is 28.9 Å². The van der Waals surface area contributed by atoms with E-state index in [0.717, 1.165) is 23.9 Å². The third-order valence-electron chi connectivity index (χ3n) is 6.26. The minimum Gasteiger partial charge on any atom is -0.395 e. The maximum absolute atomic E-state index is 13.6. The zero-order chi connectivity index (χ0) is 24.1. The molecular formula is C25H28ClFN4O3. The van der Waals surface area contributed by atoms with Gasteiger partial charge < -0.3 is 15.0 Å². The van der Waals surface area contributed by atoms with Crippen LogP contribution in [0, 0.1) is 11.7 Å². The summed E-state index contributed by atoms with van der Waals surface area (Å²) in [4.78, 5) is 37.8. The summed E-state index contributed by atoms with van der Waals surface area (Å²) in [6.07, 6.45) is 2.75. The molecule has 2 N–H and O–H groups in total. The van der Waals surface area contributed by atoms with Gasteiger partial charge >= 0.3 is 0 Å². The quantitative estimate of drug-likeness (QED) is 0.376. The summed E-state index contributed by atoms with van der Waals surface area (Å²) in [7, 11) is 0. The first-order valence-electron chi connectivity index (χ1n) is 11.5. The predicted molar refractivity (Wildman–Crippen MR) is 128 cm³/mol. The monoisotopic (exact) mass is 486 g/mol. The van der Waals surface area contributed by atoms with Crippen LogP contribution in [-0.4, -0.2) is 75.9 Å². The van der Waals surface area contributed by atoms with Gasteiger partial charge in [0, 0.05) is 43.9 Å². The minimum absolute atomic E-state index is 0.0288. The summed E-state index contributed by atoms with van der Waals surface area (Å²) >= 11 is 5.96. The number of fused-ring (bicyclic) bond motifs is 1. The number of aromatic nitrogens is 2. The van der Waals surface area contributed by atoms with Gasteiger partial charge in [-0.05, 0) is 49.2 Å². The molecule has 0 aliphatic carbocycles. The van der Waals surface area contributed by atoms with Gasteiger partial charge in [0.1, 0.15) is 11.0 Å². The summed E-state index contributed by atoms with van der Waals surface area (Å²) in [5, 5.41) is 10.3. The number of H-pyrrole nitrogens is 1. The predicted octanol–water partition coefficient (Wildman–Crippen LogP) is 3.31. The number of rotatable bonds is 8. The van der Waals surface area contributed by atoms with E-state index in [1.165, 1.54) is 12.1 Å². The summed E-state index contributed by atoms with van der Waals surface area (Å²) in [6, 6.07) is 9.45. The standard InChI is InChI=1S/C25H28ClFN4O3/c26-24-15-18-13-21(29-22(18)16-28-24)23(33)14-19(12-17-2-4-20(27)5-3-17)25(34)31-7-1-6-30(8-9-31)10-11-32/h2-5,13,15-16,19,29,32H,1,6-12,14H2/t19-/m1/s1. The maximum Gasteiger partial charge on any atom is 0.226 e. The van der Waals surface area contributed by atoms with E-state index >= 15 is 0 Å². The molecule has 2 aromatic heterocycles. The van der Waals surface area contributed by atoms with Crippen LogP contribution in [0.4, 0.5) is 4.39 Å². The molecule has 1 saturated heterocycles. The van der Waals surface area contributed by atoms with E-state index in [2.05, 4.69) is 14.9 Å². The van der Waals surface area contributed by atoms with Crippen LogP contribution < -0.4 is 0 Å². The normalized spacial score (nSPS) is 15.9. The molecule has 3 heterocycles. The van der Waals surface area contributed by atoms with Crippen molar-refractivity contribution < 1.29 is 19.1 Å². The highest BCUT2D eigenvalue weighted by atomic mass is 35.5. The number of ketones is 1. The molecule has 0 unspecified atom stereocenters. The van der Waals surface area contributed by atoms with Crippen molar-refractivity contribution in [3.05, 3.63) is 64.8 Å². The summed E-state index contributed by atoms with van der Waals surface area (Å²) in [5.41, 5.74) is 1.91. The molecule has 0 spiro atoms. The number of hydrogen-bond donors (Lipinski definition) is 2. The Balaban J connectivity index is 1.53. The molecule has 4 rings (SSSR count). The highest BCUT2D eigenvalue weighted by Gasteiger charge is 2.29. The van der Waals surface area contributed by atoms with Crippen LogP contribution in [0.3, 0.4) is 0 Å². The van der Waals surface area contributed by atoms with Gasteiger partial charge in [-0.25, -0.2) is 9.37 Å². The number of Topliss-reactive ketones (excluding diaryl/α,β-unsaturated/α-hetero) is 1. The fourth-order valence-electron chi connectivity index (χ4n) is 4.45. The molecule has 1 aliphatic rings. The SMILES string of the molecule is O=C(C[C@@H](Cc1ccc(F)cc1)C(=O)N1CCCN(CCO)CC1)c1cc2cc(Cl)ncc2[nH]1. The van der Waals surface area contributed by atoms with E-state index in [0.29, 0.717) is 49.0 Å². The number of halogens is 2. The average Bonchev–Trinajstić information content (AvgIpc) is 3.11. The number of pyridine rings is 1. The van der Waals surface area contributed by atoms with Crippen LogP contribution in [0.2, 0.25) is 5.15 Å². The molecule has 0 radical (unpaired) electrons. The third-order valence-corrected chi connectivity index (χ3v) is 6.47. The zero-order valence-electron chi connectivity index (χ0n) is 18.8. The molecule has 1 atom stereocenters. The fourth-order valence-corrected chi connectivity index (χ4v) is 4.62. The lowest BCUT2D eigenvalue weighted by Gasteiger charge is -2.26. The molecule has 1 aromatic carbocycles. The number of benzene rings is 1. The molecule has 1 aliphatic heterocycles.